The Morgan fingerprint density at radius 1 is 1.63 bits per heavy atom. The molecule has 0 spiro atoms. The summed E-state index contributed by atoms with van der Waals surface area (Å²) >= 11 is 5.87. The second kappa shape index (κ2) is 5.77. The molecule has 1 heterocycles. The van der Waals surface area contributed by atoms with Gasteiger partial charge in [-0.25, -0.2) is 0 Å². The molecule has 1 saturated heterocycles. The molecule has 0 bridgehead atoms. The minimum absolute atomic E-state index is 0.140. The highest BCUT2D eigenvalue weighted by atomic mass is 35.5. The van der Waals surface area contributed by atoms with E-state index in [1.54, 1.807) is 12.1 Å². The van der Waals surface area contributed by atoms with Crippen LogP contribution >= 0.6 is 11.6 Å². The van der Waals surface area contributed by atoms with Crippen LogP contribution in [0.15, 0.2) is 18.2 Å². The number of ether oxygens (including phenoxy) is 2. The smallest absolute Gasteiger partial charge is 0.255 e. The van der Waals surface area contributed by atoms with Crippen molar-refractivity contribution in [3.05, 3.63) is 28.8 Å². The lowest BCUT2D eigenvalue weighted by Crippen LogP contribution is -2.43. The highest BCUT2D eigenvalue weighted by molar-refractivity contribution is 6.31. The molecule has 0 aromatic heterocycles. The van der Waals surface area contributed by atoms with Crippen molar-refractivity contribution in [1.29, 1.82) is 0 Å². The van der Waals surface area contributed by atoms with Crippen LogP contribution in [0.4, 0.5) is 0 Å². The third-order valence-electron chi connectivity index (χ3n) is 3.07. The normalized spacial score (nSPS) is 22.3. The van der Waals surface area contributed by atoms with Crippen LogP contribution in [0.25, 0.3) is 0 Å². The number of aliphatic hydroxyl groups is 1. The first-order valence-electron chi connectivity index (χ1n) is 5.96. The quantitative estimate of drug-likeness (QED) is 0.873. The second-order valence-corrected chi connectivity index (χ2v) is 4.99. The molecule has 0 aliphatic carbocycles. The summed E-state index contributed by atoms with van der Waals surface area (Å²) in [4.78, 5) is 12.1. The predicted molar refractivity (Wildman–Crippen MR) is 70.7 cm³/mol. The number of benzene rings is 1. The lowest BCUT2D eigenvalue weighted by molar-refractivity contribution is 0.0264. The minimum Gasteiger partial charge on any atom is -0.496 e. The number of nitrogens with one attached hydrogen (secondary N) is 1. The molecule has 1 aliphatic rings. The van der Waals surface area contributed by atoms with Crippen molar-refractivity contribution >= 4 is 17.5 Å². The van der Waals surface area contributed by atoms with E-state index in [4.69, 9.17) is 21.1 Å². The number of carbonyl (C=O) groups is 1. The van der Waals surface area contributed by atoms with Crippen LogP contribution in [-0.4, -0.2) is 43.5 Å². The maximum absolute atomic E-state index is 12.1. The van der Waals surface area contributed by atoms with E-state index in [-0.39, 0.29) is 19.1 Å². The first kappa shape index (κ1) is 14.1. The maximum Gasteiger partial charge on any atom is 0.255 e. The van der Waals surface area contributed by atoms with Gasteiger partial charge in [-0.1, -0.05) is 11.6 Å². The van der Waals surface area contributed by atoms with Crippen LogP contribution in [0.3, 0.4) is 0 Å². The summed E-state index contributed by atoms with van der Waals surface area (Å²) in [7, 11) is 1.48. The van der Waals surface area contributed by atoms with Gasteiger partial charge in [0.1, 0.15) is 11.4 Å². The summed E-state index contributed by atoms with van der Waals surface area (Å²) in [6, 6.07) is 4.81. The van der Waals surface area contributed by atoms with Crippen molar-refractivity contribution in [1.82, 2.24) is 5.32 Å². The number of carbonyl (C=O) groups excluding carboxylic acids is 1. The third-order valence-corrected chi connectivity index (χ3v) is 3.30. The van der Waals surface area contributed by atoms with Crippen molar-refractivity contribution in [2.24, 2.45) is 0 Å². The molecule has 1 aliphatic heterocycles. The number of methoxy groups -OCH3 is 1. The van der Waals surface area contributed by atoms with Crippen LogP contribution in [0.1, 0.15) is 16.8 Å². The number of amides is 1. The van der Waals surface area contributed by atoms with Crippen LogP contribution < -0.4 is 10.1 Å². The van der Waals surface area contributed by atoms with E-state index in [1.165, 1.54) is 13.2 Å². The standard InChI is InChI=1S/C13H16ClNO4/c1-18-11-3-2-9(14)6-10(11)12(16)15-7-13(17)4-5-19-8-13/h2-3,6,17H,4-5,7-8H2,1H3,(H,15,16)/t13-/m0/s1. The molecular formula is C13H16ClNO4. The largest absolute Gasteiger partial charge is 0.496 e. The van der Waals surface area contributed by atoms with E-state index in [0.717, 1.165) is 0 Å². The molecular weight excluding hydrogens is 270 g/mol. The fourth-order valence-corrected chi connectivity index (χ4v) is 2.11. The first-order valence-corrected chi connectivity index (χ1v) is 6.34. The van der Waals surface area contributed by atoms with Gasteiger partial charge in [0.2, 0.25) is 0 Å². The van der Waals surface area contributed by atoms with Gasteiger partial charge in [-0.15, -0.1) is 0 Å². The van der Waals surface area contributed by atoms with Gasteiger partial charge in [0, 0.05) is 24.6 Å². The van der Waals surface area contributed by atoms with Gasteiger partial charge in [-0.05, 0) is 18.2 Å². The molecule has 2 N–H and O–H groups in total. The van der Waals surface area contributed by atoms with E-state index in [9.17, 15) is 9.90 Å². The Morgan fingerprint density at radius 3 is 3.05 bits per heavy atom. The van der Waals surface area contributed by atoms with Crippen molar-refractivity contribution in [2.45, 2.75) is 12.0 Å². The number of rotatable bonds is 4. The summed E-state index contributed by atoms with van der Waals surface area (Å²) in [5.74, 6) is 0.108. The predicted octanol–water partition coefficient (Wildman–Crippen LogP) is 1.23. The molecule has 1 aromatic carbocycles. The van der Waals surface area contributed by atoms with E-state index < -0.39 is 5.60 Å². The van der Waals surface area contributed by atoms with Crippen LogP contribution in [-0.2, 0) is 4.74 Å². The van der Waals surface area contributed by atoms with Crippen LogP contribution in [0, 0.1) is 0 Å². The molecule has 5 nitrogen and oxygen atoms in total. The Labute approximate surface area is 116 Å². The van der Waals surface area contributed by atoms with E-state index in [0.29, 0.717) is 29.4 Å². The Kier molecular flexibility index (Phi) is 4.29. The summed E-state index contributed by atoms with van der Waals surface area (Å²) in [6.07, 6.45) is 0.514. The van der Waals surface area contributed by atoms with Crippen LogP contribution in [0.2, 0.25) is 5.02 Å². The number of hydrogen-bond acceptors (Lipinski definition) is 4. The number of hydrogen-bond donors (Lipinski definition) is 2. The van der Waals surface area contributed by atoms with Gasteiger partial charge >= 0.3 is 0 Å². The fraction of sp³-hybridized carbons (Fsp3) is 0.462. The van der Waals surface area contributed by atoms with Crippen molar-refractivity contribution in [3.8, 4) is 5.75 Å². The SMILES string of the molecule is COc1ccc(Cl)cc1C(=O)NC[C@@]1(O)CCOC1. The summed E-state index contributed by atoms with van der Waals surface area (Å²) in [5, 5.41) is 13.2. The maximum atomic E-state index is 12.1. The second-order valence-electron chi connectivity index (χ2n) is 4.55. The topological polar surface area (TPSA) is 67.8 Å². The molecule has 1 atom stereocenters. The van der Waals surface area contributed by atoms with E-state index in [2.05, 4.69) is 5.32 Å². The Balaban J connectivity index is 2.05. The zero-order chi connectivity index (χ0) is 13.9. The van der Waals surface area contributed by atoms with Crippen molar-refractivity contribution < 1.29 is 19.4 Å². The lowest BCUT2D eigenvalue weighted by Gasteiger charge is -2.21. The average molecular weight is 286 g/mol. The lowest BCUT2D eigenvalue weighted by atomic mass is 10.0. The van der Waals surface area contributed by atoms with Gasteiger partial charge < -0.3 is 19.9 Å². The summed E-state index contributed by atoms with van der Waals surface area (Å²) in [6.45, 7) is 0.883. The summed E-state index contributed by atoms with van der Waals surface area (Å²) < 4.78 is 10.2. The summed E-state index contributed by atoms with van der Waals surface area (Å²) in [5.41, 5.74) is -0.640. The molecule has 19 heavy (non-hydrogen) atoms. The highest BCUT2D eigenvalue weighted by Crippen LogP contribution is 2.23. The van der Waals surface area contributed by atoms with Gasteiger partial charge in [0.05, 0.1) is 19.3 Å². The molecule has 6 heteroatoms. The first-order chi connectivity index (χ1) is 9.04. The average Bonchev–Trinajstić information content (AvgIpc) is 2.83. The van der Waals surface area contributed by atoms with Gasteiger partial charge in [0.15, 0.2) is 0 Å². The van der Waals surface area contributed by atoms with E-state index >= 15 is 0 Å². The molecule has 1 fully saturated rings. The zero-order valence-corrected chi connectivity index (χ0v) is 11.4. The fourth-order valence-electron chi connectivity index (χ4n) is 1.93. The zero-order valence-electron chi connectivity index (χ0n) is 10.6. The molecule has 0 saturated carbocycles. The third kappa shape index (κ3) is 3.37. The molecule has 2 rings (SSSR count). The molecule has 0 radical (unpaired) electrons. The van der Waals surface area contributed by atoms with Crippen molar-refractivity contribution in [3.63, 3.8) is 0 Å². The Bertz CT molecular complexity index is 472. The van der Waals surface area contributed by atoms with E-state index in [1.807, 2.05) is 0 Å². The molecule has 0 unspecified atom stereocenters. The van der Waals surface area contributed by atoms with Crippen LogP contribution in [0.5, 0.6) is 5.75 Å². The van der Waals surface area contributed by atoms with Gasteiger partial charge in [-0.2, -0.15) is 0 Å². The Hall–Kier alpha value is -1.30. The van der Waals surface area contributed by atoms with Gasteiger partial charge in [-0.3, -0.25) is 4.79 Å². The van der Waals surface area contributed by atoms with Gasteiger partial charge in [0.25, 0.3) is 5.91 Å². The Morgan fingerprint density at radius 2 is 2.42 bits per heavy atom. The molecule has 1 amide bonds. The van der Waals surface area contributed by atoms with Crippen molar-refractivity contribution in [2.75, 3.05) is 26.9 Å². The number of halogens is 1. The minimum atomic E-state index is -0.985. The molecule has 1 aromatic rings. The monoisotopic (exact) mass is 285 g/mol. The molecule has 104 valence electrons. The highest BCUT2D eigenvalue weighted by Gasteiger charge is 2.32.